The minimum absolute atomic E-state index is 0.184. The Labute approximate surface area is 112 Å². The van der Waals surface area contributed by atoms with E-state index in [2.05, 4.69) is 4.74 Å². The number of carbonyl (C=O) groups excluding carboxylic acids is 2. The van der Waals surface area contributed by atoms with E-state index >= 15 is 0 Å². The summed E-state index contributed by atoms with van der Waals surface area (Å²) in [7, 11) is 3.59. The number of benzene rings is 1. The summed E-state index contributed by atoms with van der Waals surface area (Å²) in [5.74, 6) is -4.05. The van der Waals surface area contributed by atoms with Crippen LogP contribution in [0.4, 0.5) is 0 Å². The fraction of sp³-hybridized carbons (Fsp3) is 0.250. The molecule has 20 heavy (non-hydrogen) atoms. The van der Waals surface area contributed by atoms with Crippen molar-refractivity contribution in [1.29, 1.82) is 0 Å². The molecule has 8 nitrogen and oxygen atoms in total. The van der Waals surface area contributed by atoms with Crippen LogP contribution in [0.25, 0.3) is 0 Å². The van der Waals surface area contributed by atoms with E-state index in [1.165, 1.54) is 21.3 Å². The average molecular weight is 282 g/mol. The first-order valence-corrected chi connectivity index (χ1v) is 5.33. The average Bonchev–Trinajstić information content (AvgIpc) is 2.71. The van der Waals surface area contributed by atoms with E-state index in [4.69, 9.17) is 14.2 Å². The fourth-order valence-corrected chi connectivity index (χ4v) is 2.05. The largest absolute Gasteiger partial charge is 0.495 e. The monoisotopic (exact) mass is 282 g/mol. The number of fused-ring (bicyclic) bond motifs is 1. The molecule has 0 fully saturated rings. The number of carboxylic acid groups (broad SMARTS) is 1. The lowest BCUT2D eigenvalue weighted by molar-refractivity contribution is 0.0441. The first kappa shape index (κ1) is 13.7. The lowest BCUT2D eigenvalue weighted by Gasteiger charge is -2.16. The molecular weight excluding hydrogens is 272 g/mol. The number of hydrogen-bond donors (Lipinski definition) is 1. The SMILES string of the molecule is COc1c(OC)c2c(c(OC)c1C(=O)O)C(=O)OC2=O. The van der Waals surface area contributed by atoms with Gasteiger partial charge in [-0.15, -0.1) is 0 Å². The molecule has 1 aliphatic rings. The number of carboxylic acids is 1. The van der Waals surface area contributed by atoms with Gasteiger partial charge in [0.2, 0.25) is 0 Å². The first-order valence-electron chi connectivity index (χ1n) is 5.33. The molecule has 1 aromatic rings. The number of hydrogen-bond acceptors (Lipinski definition) is 7. The predicted molar refractivity (Wildman–Crippen MR) is 62.8 cm³/mol. The smallest absolute Gasteiger partial charge is 0.351 e. The highest BCUT2D eigenvalue weighted by Gasteiger charge is 2.42. The van der Waals surface area contributed by atoms with Gasteiger partial charge in [0.15, 0.2) is 17.2 Å². The van der Waals surface area contributed by atoms with E-state index in [-0.39, 0.29) is 28.4 Å². The molecule has 106 valence electrons. The zero-order chi connectivity index (χ0) is 15.0. The van der Waals surface area contributed by atoms with Crippen LogP contribution in [0.15, 0.2) is 0 Å². The number of rotatable bonds is 4. The molecule has 1 heterocycles. The van der Waals surface area contributed by atoms with Gasteiger partial charge in [-0.1, -0.05) is 0 Å². The Bertz CT molecular complexity index is 631. The molecule has 0 aromatic heterocycles. The molecule has 0 bridgehead atoms. The van der Waals surface area contributed by atoms with E-state index in [0.717, 1.165) is 0 Å². The Balaban J connectivity index is 2.99. The normalized spacial score (nSPS) is 12.8. The van der Waals surface area contributed by atoms with Gasteiger partial charge in [0, 0.05) is 0 Å². The summed E-state index contributed by atoms with van der Waals surface area (Å²) in [5.41, 5.74) is -0.916. The first-order chi connectivity index (χ1) is 9.47. The summed E-state index contributed by atoms with van der Waals surface area (Å²) in [6.45, 7) is 0. The molecule has 0 amide bonds. The van der Waals surface area contributed by atoms with E-state index < -0.39 is 23.5 Å². The summed E-state index contributed by atoms with van der Waals surface area (Å²) < 4.78 is 19.4. The van der Waals surface area contributed by atoms with E-state index in [1.807, 2.05) is 0 Å². The van der Waals surface area contributed by atoms with Crippen LogP contribution in [0, 0.1) is 0 Å². The molecule has 0 radical (unpaired) electrons. The van der Waals surface area contributed by atoms with Crippen LogP contribution >= 0.6 is 0 Å². The van der Waals surface area contributed by atoms with Crippen molar-refractivity contribution in [2.24, 2.45) is 0 Å². The molecule has 0 saturated carbocycles. The summed E-state index contributed by atoms with van der Waals surface area (Å²) in [6, 6.07) is 0. The summed E-state index contributed by atoms with van der Waals surface area (Å²) in [4.78, 5) is 34.7. The van der Waals surface area contributed by atoms with Crippen molar-refractivity contribution in [2.45, 2.75) is 0 Å². The quantitative estimate of drug-likeness (QED) is 0.635. The summed E-state index contributed by atoms with van der Waals surface area (Å²) in [5, 5.41) is 9.26. The van der Waals surface area contributed by atoms with Crippen LogP contribution in [-0.2, 0) is 4.74 Å². The molecule has 0 unspecified atom stereocenters. The van der Waals surface area contributed by atoms with Crippen molar-refractivity contribution < 1.29 is 38.4 Å². The highest BCUT2D eigenvalue weighted by Crippen LogP contribution is 2.46. The zero-order valence-electron chi connectivity index (χ0n) is 10.8. The number of esters is 2. The Morgan fingerprint density at radius 3 is 1.75 bits per heavy atom. The highest BCUT2D eigenvalue weighted by atomic mass is 16.6. The number of ether oxygens (including phenoxy) is 4. The van der Waals surface area contributed by atoms with Crippen LogP contribution < -0.4 is 14.2 Å². The third-order valence-electron chi connectivity index (χ3n) is 2.78. The van der Waals surface area contributed by atoms with Gasteiger partial charge in [-0.25, -0.2) is 14.4 Å². The topological polar surface area (TPSA) is 108 Å². The predicted octanol–water partition coefficient (Wildman–Crippen LogP) is 0.721. The maximum atomic E-state index is 11.7. The van der Waals surface area contributed by atoms with Crippen molar-refractivity contribution in [3.63, 3.8) is 0 Å². The van der Waals surface area contributed by atoms with Crippen molar-refractivity contribution >= 4 is 17.9 Å². The third-order valence-corrected chi connectivity index (χ3v) is 2.78. The lowest BCUT2D eigenvalue weighted by Crippen LogP contribution is -2.11. The Kier molecular flexibility index (Phi) is 3.23. The number of aromatic carboxylic acids is 1. The minimum Gasteiger partial charge on any atom is -0.495 e. The number of methoxy groups -OCH3 is 3. The maximum absolute atomic E-state index is 11.7. The van der Waals surface area contributed by atoms with Gasteiger partial charge in [0.25, 0.3) is 0 Å². The van der Waals surface area contributed by atoms with Crippen LogP contribution in [0.3, 0.4) is 0 Å². The Morgan fingerprint density at radius 1 is 0.900 bits per heavy atom. The van der Waals surface area contributed by atoms with Crippen LogP contribution in [0.1, 0.15) is 31.1 Å². The second-order valence-electron chi connectivity index (χ2n) is 3.71. The number of cyclic esters (lactones) is 2. The molecule has 0 atom stereocenters. The van der Waals surface area contributed by atoms with Gasteiger partial charge in [0.1, 0.15) is 16.7 Å². The summed E-state index contributed by atoms with van der Waals surface area (Å²) >= 11 is 0. The maximum Gasteiger partial charge on any atom is 0.351 e. The highest BCUT2D eigenvalue weighted by molar-refractivity contribution is 6.20. The minimum atomic E-state index is -1.40. The van der Waals surface area contributed by atoms with Gasteiger partial charge in [-0.2, -0.15) is 0 Å². The molecule has 1 aliphatic heterocycles. The van der Waals surface area contributed by atoms with Crippen molar-refractivity contribution in [3.05, 3.63) is 16.7 Å². The van der Waals surface area contributed by atoms with Gasteiger partial charge >= 0.3 is 17.9 Å². The Hall–Kier alpha value is -2.77. The van der Waals surface area contributed by atoms with Crippen LogP contribution in [0.2, 0.25) is 0 Å². The van der Waals surface area contributed by atoms with E-state index in [9.17, 15) is 19.5 Å². The van der Waals surface area contributed by atoms with Crippen molar-refractivity contribution in [3.8, 4) is 17.2 Å². The zero-order valence-corrected chi connectivity index (χ0v) is 10.8. The molecule has 1 N–H and O–H groups in total. The molecular formula is C12H10O8. The Morgan fingerprint density at radius 2 is 1.35 bits per heavy atom. The molecule has 0 saturated heterocycles. The van der Waals surface area contributed by atoms with Gasteiger partial charge in [-0.05, 0) is 0 Å². The number of carbonyl (C=O) groups is 3. The second-order valence-corrected chi connectivity index (χ2v) is 3.71. The van der Waals surface area contributed by atoms with Gasteiger partial charge in [0.05, 0.1) is 21.3 Å². The van der Waals surface area contributed by atoms with Crippen molar-refractivity contribution in [2.75, 3.05) is 21.3 Å². The van der Waals surface area contributed by atoms with Gasteiger partial charge < -0.3 is 24.1 Å². The van der Waals surface area contributed by atoms with Crippen LogP contribution in [-0.4, -0.2) is 44.3 Å². The molecule has 0 aliphatic carbocycles. The third kappa shape index (κ3) is 1.65. The standard InChI is InChI=1S/C12H10O8/c1-17-7-4-5(12(16)20-11(4)15)8(18-2)9(19-3)6(7)10(13)14/h1-3H3,(H,13,14). The van der Waals surface area contributed by atoms with E-state index in [1.54, 1.807) is 0 Å². The fourth-order valence-electron chi connectivity index (χ4n) is 2.05. The molecule has 8 heteroatoms. The van der Waals surface area contributed by atoms with E-state index in [0.29, 0.717) is 0 Å². The van der Waals surface area contributed by atoms with Gasteiger partial charge in [-0.3, -0.25) is 0 Å². The van der Waals surface area contributed by atoms with Crippen molar-refractivity contribution in [1.82, 2.24) is 0 Å². The van der Waals surface area contributed by atoms with Crippen LogP contribution in [0.5, 0.6) is 17.2 Å². The molecule has 2 rings (SSSR count). The molecule has 1 aromatic carbocycles. The summed E-state index contributed by atoms with van der Waals surface area (Å²) in [6.07, 6.45) is 0. The molecule has 0 spiro atoms. The lowest BCUT2D eigenvalue weighted by atomic mass is 10.0. The second kappa shape index (κ2) is 4.72.